The maximum Gasteiger partial charge on any atom is 0.406 e. The molecule has 1 aromatic heterocycles. The van der Waals surface area contributed by atoms with Crippen molar-refractivity contribution in [1.82, 2.24) is 9.55 Å². The highest BCUT2D eigenvalue weighted by Gasteiger charge is 2.23. The minimum atomic E-state index is -0.480. The summed E-state index contributed by atoms with van der Waals surface area (Å²) in [5, 5.41) is 13.8. The van der Waals surface area contributed by atoms with Crippen LogP contribution < -0.4 is 5.32 Å². The molecule has 7 heteroatoms. The molecule has 1 aliphatic rings. The summed E-state index contributed by atoms with van der Waals surface area (Å²) >= 11 is 0. The molecular weight excluding hydrogens is 212 g/mol. The van der Waals surface area contributed by atoms with Crippen LogP contribution >= 0.6 is 0 Å². The van der Waals surface area contributed by atoms with Gasteiger partial charge in [0, 0.05) is 13.7 Å². The largest absolute Gasteiger partial charge is 0.406 e. The van der Waals surface area contributed by atoms with Crippen molar-refractivity contribution in [2.45, 2.75) is 18.9 Å². The van der Waals surface area contributed by atoms with Crippen molar-refractivity contribution in [2.24, 2.45) is 7.05 Å². The summed E-state index contributed by atoms with van der Waals surface area (Å²) in [5.41, 5.74) is 0. The van der Waals surface area contributed by atoms with Crippen molar-refractivity contribution in [2.75, 3.05) is 18.5 Å². The fourth-order valence-corrected chi connectivity index (χ4v) is 1.77. The molecular formula is C9H14N4O3. The Morgan fingerprint density at radius 1 is 1.75 bits per heavy atom. The van der Waals surface area contributed by atoms with Crippen LogP contribution in [0.25, 0.3) is 0 Å². The molecule has 88 valence electrons. The molecule has 1 aliphatic heterocycles. The molecule has 1 aromatic rings. The predicted octanol–water partition coefficient (Wildman–Crippen LogP) is 0.919. The summed E-state index contributed by atoms with van der Waals surface area (Å²) in [6.45, 7) is 1.36. The number of aromatic nitrogens is 2. The second-order valence-electron chi connectivity index (χ2n) is 3.84. The Kier molecular flexibility index (Phi) is 3.04. The molecule has 0 saturated carbocycles. The van der Waals surface area contributed by atoms with E-state index in [4.69, 9.17) is 4.74 Å². The van der Waals surface area contributed by atoms with Gasteiger partial charge in [-0.3, -0.25) is 4.57 Å². The van der Waals surface area contributed by atoms with E-state index in [0.717, 1.165) is 19.4 Å². The Bertz CT molecular complexity index is 384. The first-order chi connectivity index (χ1) is 7.68. The Hall–Kier alpha value is -1.63. The fourth-order valence-electron chi connectivity index (χ4n) is 1.77. The lowest BCUT2D eigenvalue weighted by Crippen LogP contribution is -2.30. The number of hydrogen-bond acceptors (Lipinski definition) is 5. The second-order valence-corrected chi connectivity index (χ2v) is 3.84. The number of nitrogens with one attached hydrogen (secondary N) is 1. The van der Waals surface area contributed by atoms with Crippen LogP contribution in [0.1, 0.15) is 12.8 Å². The first kappa shape index (κ1) is 10.9. The number of aryl methyl sites for hydroxylation is 1. The summed E-state index contributed by atoms with van der Waals surface area (Å²) in [5.74, 6) is 0.313. The van der Waals surface area contributed by atoms with Gasteiger partial charge in [-0.25, -0.2) is 0 Å². The van der Waals surface area contributed by atoms with E-state index in [9.17, 15) is 10.1 Å². The summed E-state index contributed by atoms with van der Waals surface area (Å²) in [7, 11) is 1.73. The molecule has 2 heterocycles. The van der Waals surface area contributed by atoms with Gasteiger partial charge in [0.15, 0.2) is 0 Å². The number of nitrogens with zero attached hydrogens (tertiary/aromatic N) is 3. The van der Waals surface area contributed by atoms with Crippen LogP contribution in [0.2, 0.25) is 0 Å². The van der Waals surface area contributed by atoms with E-state index in [1.165, 1.54) is 6.33 Å². The van der Waals surface area contributed by atoms with Crippen molar-refractivity contribution in [3.8, 4) is 0 Å². The Morgan fingerprint density at radius 3 is 3.19 bits per heavy atom. The molecule has 0 spiro atoms. The molecule has 16 heavy (non-hydrogen) atoms. The molecule has 1 atom stereocenters. The van der Waals surface area contributed by atoms with Gasteiger partial charge in [0.2, 0.25) is 12.1 Å². The SMILES string of the molecule is Cn1cnc([N+](=O)[O-])c1NC1CCCOC1. The molecule has 0 amide bonds. The van der Waals surface area contributed by atoms with E-state index in [-0.39, 0.29) is 11.9 Å². The normalized spacial score (nSPS) is 20.7. The monoisotopic (exact) mass is 226 g/mol. The molecule has 2 rings (SSSR count). The summed E-state index contributed by atoms with van der Waals surface area (Å²) < 4.78 is 6.93. The number of hydrogen-bond donors (Lipinski definition) is 1. The van der Waals surface area contributed by atoms with E-state index in [1.807, 2.05) is 0 Å². The lowest BCUT2D eigenvalue weighted by Gasteiger charge is -2.23. The van der Waals surface area contributed by atoms with Gasteiger partial charge in [-0.05, 0) is 22.7 Å². The van der Waals surface area contributed by atoms with Crippen LogP contribution in [-0.4, -0.2) is 33.7 Å². The molecule has 1 saturated heterocycles. The van der Waals surface area contributed by atoms with Crippen LogP contribution in [0.15, 0.2) is 6.33 Å². The van der Waals surface area contributed by atoms with E-state index >= 15 is 0 Å². The Balaban J connectivity index is 2.12. The van der Waals surface area contributed by atoms with Crippen molar-refractivity contribution in [1.29, 1.82) is 0 Å². The van der Waals surface area contributed by atoms with Gasteiger partial charge in [-0.15, -0.1) is 0 Å². The maximum absolute atomic E-state index is 10.7. The van der Waals surface area contributed by atoms with E-state index in [2.05, 4.69) is 10.3 Å². The molecule has 1 fully saturated rings. The van der Waals surface area contributed by atoms with E-state index in [0.29, 0.717) is 12.4 Å². The zero-order valence-electron chi connectivity index (χ0n) is 9.05. The minimum absolute atomic E-state index is 0.128. The highest BCUT2D eigenvalue weighted by atomic mass is 16.6. The highest BCUT2D eigenvalue weighted by molar-refractivity contribution is 5.52. The zero-order valence-corrected chi connectivity index (χ0v) is 9.05. The molecule has 0 aromatic carbocycles. The third kappa shape index (κ3) is 2.13. The number of nitro groups is 1. The zero-order chi connectivity index (χ0) is 11.5. The molecule has 0 aliphatic carbocycles. The maximum atomic E-state index is 10.7. The standard InChI is InChI=1S/C9H14N4O3/c1-12-6-10-8(13(14)15)9(12)11-7-3-2-4-16-5-7/h6-7,11H,2-5H2,1H3. The van der Waals surface area contributed by atoms with Gasteiger partial charge in [0.25, 0.3) is 0 Å². The van der Waals surface area contributed by atoms with Gasteiger partial charge in [0.1, 0.15) is 0 Å². The van der Waals surface area contributed by atoms with Gasteiger partial charge in [-0.2, -0.15) is 0 Å². The quantitative estimate of drug-likeness (QED) is 0.612. The van der Waals surface area contributed by atoms with Crippen LogP contribution in [0.3, 0.4) is 0 Å². The summed E-state index contributed by atoms with van der Waals surface area (Å²) in [4.78, 5) is 14.0. The number of anilines is 1. The average Bonchev–Trinajstić information content (AvgIpc) is 2.62. The van der Waals surface area contributed by atoms with Crippen LogP contribution in [0.4, 0.5) is 11.6 Å². The average molecular weight is 226 g/mol. The Labute approximate surface area is 92.6 Å². The van der Waals surface area contributed by atoms with Crippen LogP contribution in [-0.2, 0) is 11.8 Å². The topological polar surface area (TPSA) is 82.2 Å². The number of imidazole rings is 1. The van der Waals surface area contributed by atoms with Crippen molar-refractivity contribution in [3.63, 3.8) is 0 Å². The molecule has 0 radical (unpaired) electrons. The highest BCUT2D eigenvalue weighted by Crippen LogP contribution is 2.23. The molecule has 7 nitrogen and oxygen atoms in total. The van der Waals surface area contributed by atoms with Gasteiger partial charge >= 0.3 is 5.82 Å². The molecule has 1 unspecified atom stereocenters. The number of rotatable bonds is 3. The second kappa shape index (κ2) is 4.48. The van der Waals surface area contributed by atoms with Crippen LogP contribution in [0.5, 0.6) is 0 Å². The first-order valence-corrected chi connectivity index (χ1v) is 5.18. The van der Waals surface area contributed by atoms with Gasteiger partial charge in [-0.1, -0.05) is 0 Å². The first-order valence-electron chi connectivity index (χ1n) is 5.18. The Morgan fingerprint density at radius 2 is 2.56 bits per heavy atom. The summed E-state index contributed by atoms with van der Waals surface area (Å²) in [6, 6.07) is 0.128. The van der Waals surface area contributed by atoms with Gasteiger partial charge in [0.05, 0.1) is 12.6 Å². The lowest BCUT2D eigenvalue weighted by atomic mass is 10.1. The van der Waals surface area contributed by atoms with E-state index < -0.39 is 4.92 Å². The minimum Gasteiger partial charge on any atom is -0.379 e. The lowest BCUT2D eigenvalue weighted by molar-refractivity contribution is -0.388. The van der Waals surface area contributed by atoms with Gasteiger partial charge < -0.3 is 20.2 Å². The fraction of sp³-hybridized carbons (Fsp3) is 0.667. The van der Waals surface area contributed by atoms with Crippen molar-refractivity contribution in [3.05, 3.63) is 16.4 Å². The van der Waals surface area contributed by atoms with Crippen LogP contribution in [0, 0.1) is 10.1 Å². The predicted molar refractivity (Wildman–Crippen MR) is 57.3 cm³/mol. The summed E-state index contributed by atoms with van der Waals surface area (Å²) in [6.07, 6.45) is 3.37. The molecule has 0 bridgehead atoms. The van der Waals surface area contributed by atoms with Crippen molar-refractivity contribution >= 4 is 11.6 Å². The third-order valence-electron chi connectivity index (χ3n) is 2.59. The van der Waals surface area contributed by atoms with E-state index in [1.54, 1.807) is 11.6 Å². The number of ether oxygens (including phenoxy) is 1. The third-order valence-corrected chi connectivity index (χ3v) is 2.59. The van der Waals surface area contributed by atoms with Crippen molar-refractivity contribution < 1.29 is 9.66 Å². The smallest absolute Gasteiger partial charge is 0.379 e. The molecule has 1 N–H and O–H groups in total.